The summed E-state index contributed by atoms with van der Waals surface area (Å²) in [7, 11) is 0. The number of amides is 2. The van der Waals surface area contributed by atoms with E-state index in [1.54, 1.807) is 12.1 Å². The summed E-state index contributed by atoms with van der Waals surface area (Å²) in [6, 6.07) is 14.4. The van der Waals surface area contributed by atoms with E-state index in [0.29, 0.717) is 17.7 Å². The zero-order valence-corrected chi connectivity index (χ0v) is 13.6. The molecule has 0 saturated carbocycles. The van der Waals surface area contributed by atoms with Crippen molar-refractivity contribution < 1.29 is 14.7 Å². The van der Waals surface area contributed by atoms with Crippen LogP contribution < -0.4 is 5.32 Å². The maximum absolute atomic E-state index is 12.5. The summed E-state index contributed by atoms with van der Waals surface area (Å²) in [4.78, 5) is 26.4. The first-order valence-corrected chi connectivity index (χ1v) is 8.21. The first kappa shape index (κ1) is 15.6. The Bertz CT molecular complexity index is 855. The van der Waals surface area contributed by atoms with Crippen molar-refractivity contribution >= 4 is 17.5 Å². The fraction of sp³-hybridized carbons (Fsp3) is 0.200. The van der Waals surface area contributed by atoms with Gasteiger partial charge >= 0.3 is 0 Å². The molecule has 1 heterocycles. The third-order valence-electron chi connectivity index (χ3n) is 4.86. The van der Waals surface area contributed by atoms with Crippen molar-refractivity contribution in [3.63, 3.8) is 0 Å². The number of hydrogen-bond donors (Lipinski definition) is 2. The predicted octanol–water partition coefficient (Wildman–Crippen LogP) is 1.89. The summed E-state index contributed by atoms with van der Waals surface area (Å²) >= 11 is 0. The Morgan fingerprint density at radius 1 is 1.16 bits per heavy atom. The van der Waals surface area contributed by atoms with Gasteiger partial charge in [-0.15, -0.1) is 0 Å². The van der Waals surface area contributed by atoms with Crippen molar-refractivity contribution in [2.45, 2.75) is 18.6 Å². The first-order valence-electron chi connectivity index (χ1n) is 8.21. The van der Waals surface area contributed by atoms with E-state index in [1.165, 1.54) is 4.90 Å². The van der Waals surface area contributed by atoms with E-state index in [4.69, 9.17) is 0 Å². The molecule has 0 unspecified atom stereocenters. The van der Waals surface area contributed by atoms with Crippen LogP contribution >= 0.6 is 0 Å². The lowest BCUT2D eigenvalue weighted by molar-refractivity contribution is -0.122. The topological polar surface area (TPSA) is 69.6 Å². The molecular formula is C20H18N2O3. The molecule has 0 fully saturated rings. The van der Waals surface area contributed by atoms with Crippen molar-refractivity contribution in [1.29, 1.82) is 0 Å². The number of aliphatic hydroxyl groups excluding tert-OH is 1. The van der Waals surface area contributed by atoms with E-state index in [0.717, 1.165) is 16.7 Å². The maximum Gasteiger partial charge on any atom is 0.259 e. The van der Waals surface area contributed by atoms with Crippen LogP contribution in [0.4, 0.5) is 0 Å². The number of carbonyl (C=O) groups is 2. The highest BCUT2D eigenvalue weighted by atomic mass is 16.3. The van der Waals surface area contributed by atoms with E-state index in [2.05, 4.69) is 11.9 Å². The Morgan fingerprint density at radius 3 is 2.60 bits per heavy atom. The van der Waals surface area contributed by atoms with Crippen LogP contribution in [-0.4, -0.2) is 34.5 Å². The van der Waals surface area contributed by atoms with Crippen LogP contribution in [-0.2, 0) is 11.2 Å². The largest absolute Gasteiger partial charge is 0.390 e. The molecule has 2 amide bonds. The van der Waals surface area contributed by atoms with Crippen LogP contribution in [0.5, 0.6) is 0 Å². The minimum atomic E-state index is -0.656. The molecule has 5 nitrogen and oxygen atoms in total. The lowest BCUT2D eigenvalue weighted by Gasteiger charge is -2.21. The molecule has 2 N–H and O–H groups in total. The molecule has 1 aliphatic carbocycles. The molecule has 0 spiro atoms. The number of carbonyl (C=O) groups excluding carboxylic acids is 2. The van der Waals surface area contributed by atoms with E-state index in [-0.39, 0.29) is 18.4 Å². The van der Waals surface area contributed by atoms with Crippen molar-refractivity contribution in [1.82, 2.24) is 10.2 Å². The standard InChI is InChI=1S/C20H18N2O3/c1-12-14-7-4-5-9-16(14)20(25)22(12)11-18(24)21-19-15-8-3-2-6-13(15)10-17(19)23/h2-9,17,19,23H,1,10-11H2,(H,21,24)/t17-,19+/m1/s1. The minimum Gasteiger partial charge on any atom is -0.390 e. The molecule has 0 aromatic heterocycles. The Kier molecular flexibility index (Phi) is 3.66. The number of nitrogens with one attached hydrogen (secondary N) is 1. The summed E-state index contributed by atoms with van der Waals surface area (Å²) in [6.07, 6.45) is -0.141. The van der Waals surface area contributed by atoms with Gasteiger partial charge in [0.2, 0.25) is 5.91 Å². The third-order valence-corrected chi connectivity index (χ3v) is 4.86. The van der Waals surface area contributed by atoms with E-state index < -0.39 is 12.1 Å². The minimum absolute atomic E-state index is 0.113. The molecular weight excluding hydrogens is 316 g/mol. The second kappa shape index (κ2) is 5.86. The van der Waals surface area contributed by atoms with E-state index in [9.17, 15) is 14.7 Å². The summed E-state index contributed by atoms with van der Waals surface area (Å²) in [5.41, 5.74) is 3.81. The van der Waals surface area contributed by atoms with Crippen LogP contribution in [0.25, 0.3) is 5.70 Å². The van der Waals surface area contributed by atoms with Gasteiger partial charge < -0.3 is 10.4 Å². The zero-order valence-electron chi connectivity index (χ0n) is 13.6. The first-order chi connectivity index (χ1) is 12.1. The van der Waals surface area contributed by atoms with Crippen LogP contribution in [0.15, 0.2) is 55.1 Å². The van der Waals surface area contributed by atoms with Crippen LogP contribution in [0, 0.1) is 0 Å². The Morgan fingerprint density at radius 2 is 1.84 bits per heavy atom. The Labute approximate surface area is 145 Å². The monoisotopic (exact) mass is 334 g/mol. The number of fused-ring (bicyclic) bond motifs is 2. The van der Waals surface area contributed by atoms with Gasteiger partial charge in [0.25, 0.3) is 5.91 Å². The number of aliphatic hydroxyl groups is 1. The zero-order chi connectivity index (χ0) is 17.6. The summed E-state index contributed by atoms with van der Waals surface area (Å²) in [6.45, 7) is 3.83. The number of benzene rings is 2. The highest BCUT2D eigenvalue weighted by Crippen LogP contribution is 2.32. The molecule has 2 aromatic rings. The van der Waals surface area contributed by atoms with E-state index >= 15 is 0 Å². The Balaban J connectivity index is 1.49. The average molecular weight is 334 g/mol. The van der Waals surface area contributed by atoms with Crippen molar-refractivity contribution in [2.75, 3.05) is 6.54 Å². The van der Waals surface area contributed by atoms with Crippen molar-refractivity contribution in [3.8, 4) is 0 Å². The molecule has 0 radical (unpaired) electrons. The van der Waals surface area contributed by atoms with Crippen molar-refractivity contribution in [2.24, 2.45) is 0 Å². The van der Waals surface area contributed by atoms with Gasteiger partial charge in [-0.05, 0) is 17.2 Å². The molecule has 2 aromatic carbocycles. The second-order valence-electron chi connectivity index (χ2n) is 6.40. The number of nitrogens with zero attached hydrogens (tertiary/aromatic N) is 1. The Hall–Kier alpha value is -2.92. The predicted molar refractivity (Wildman–Crippen MR) is 93.5 cm³/mol. The van der Waals surface area contributed by atoms with Crippen molar-refractivity contribution in [3.05, 3.63) is 77.4 Å². The maximum atomic E-state index is 12.5. The molecule has 5 heteroatoms. The molecule has 25 heavy (non-hydrogen) atoms. The number of hydrogen-bond acceptors (Lipinski definition) is 3. The molecule has 4 rings (SSSR count). The molecule has 0 bridgehead atoms. The van der Waals surface area contributed by atoms with Gasteiger partial charge in [-0.3, -0.25) is 14.5 Å². The van der Waals surface area contributed by atoms with Gasteiger partial charge in [0, 0.05) is 23.2 Å². The molecule has 0 saturated heterocycles. The molecule has 1 aliphatic heterocycles. The fourth-order valence-corrected chi connectivity index (χ4v) is 3.61. The van der Waals surface area contributed by atoms with E-state index in [1.807, 2.05) is 36.4 Å². The number of rotatable bonds is 3. The van der Waals surface area contributed by atoms with Gasteiger partial charge in [0.05, 0.1) is 12.1 Å². The van der Waals surface area contributed by atoms with Crippen LogP contribution in [0.2, 0.25) is 0 Å². The smallest absolute Gasteiger partial charge is 0.259 e. The highest BCUT2D eigenvalue weighted by Gasteiger charge is 2.35. The average Bonchev–Trinajstić information content (AvgIpc) is 3.05. The normalized spacial score (nSPS) is 21.2. The van der Waals surface area contributed by atoms with Gasteiger partial charge in [-0.25, -0.2) is 0 Å². The lowest BCUT2D eigenvalue weighted by atomic mass is 10.1. The highest BCUT2D eigenvalue weighted by molar-refractivity contribution is 6.10. The fourth-order valence-electron chi connectivity index (χ4n) is 3.61. The summed E-state index contributed by atoms with van der Waals surface area (Å²) in [5, 5.41) is 13.1. The van der Waals surface area contributed by atoms with Gasteiger partial charge in [-0.2, -0.15) is 0 Å². The summed E-state index contributed by atoms with van der Waals surface area (Å²) in [5.74, 6) is -0.536. The lowest BCUT2D eigenvalue weighted by Crippen LogP contribution is -2.41. The second-order valence-corrected chi connectivity index (χ2v) is 6.40. The van der Waals surface area contributed by atoms with Gasteiger partial charge in [0.1, 0.15) is 6.54 Å². The van der Waals surface area contributed by atoms with Crippen LogP contribution in [0.3, 0.4) is 0 Å². The van der Waals surface area contributed by atoms with Crippen LogP contribution in [0.1, 0.15) is 33.1 Å². The van der Waals surface area contributed by atoms with Gasteiger partial charge in [-0.1, -0.05) is 49.0 Å². The molecule has 126 valence electrons. The third kappa shape index (κ3) is 2.53. The quantitative estimate of drug-likeness (QED) is 0.900. The SMILES string of the molecule is C=C1c2ccccc2C(=O)N1CC(=O)N[C@H]1c2ccccc2C[C@H]1O. The van der Waals surface area contributed by atoms with Gasteiger partial charge in [0.15, 0.2) is 0 Å². The molecule has 2 aliphatic rings. The molecule has 2 atom stereocenters. The summed E-state index contributed by atoms with van der Waals surface area (Å²) < 4.78 is 0.